The molecule has 1 aromatic carbocycles. The molecule has 0 spiro atoms. The van der Waals surface area contributed by atoms with Gasteiger partial charge in [0.1, 0.15) is 11.6 Å². The van der Waals surface area contributed by atoms with Crippen molar-refractivity contribution in [2.24, 2.45) is 5.92 Å². The average molecular weight is 597 g/mol. The highest BCUT2D eigenvalue weighted by atomic mass is 32.2. The van der Waals surface area contributed by atoms with Crippen molar-refractivity contribution in [2.45, 2.75) is 64.1 Å². The van der Waals surface area contributed by atoms with Crippen LogP contribution in [0.3, 0.4) is 0 Å². The summed E-state index contributed by atoms with van der Waals surface area (Å²) in [6.07, 6.45) is 3.38. The minimum Gasteiger partial charge on any atom is -0.444 e. The van der Waals surface area contributed by atoms with E-state index in [2.05, 4.69) is 26.6 Å². The topological polar surface area (TPSA) is 102 Å². The number of benzene rings is 1. The minimum absolute atomic E-state index is 0.0294. The summed E-state index contributed by atoms with van der Waals surface area (Å²) in [5, 5.41) is 15.1. The van der Waals surface area contributed by atoms with Crippen molar-refractivity contribution in [1.82, 2.24) is 20.1 Å². The first-order valence-corrected chi connectivity index (χ1v) is 16.5. The number of nitrogens with zero attached hydrogens (tertiary/aromatic N) is 5. The van der Waals surface area contributed by atoms with Crippen molar-refractivity contribution in [2.75, 3.05) is 49.3 Å². The standard InChI is InChI=1S/C30H40N6O3S2/c1-30(2,3)39-29(38)33-26(27(37)36-16-17-40-20-36)23-8-10-24(11-9-23)34-12-14-35(15-13-34)28-32-25(19-41-28)22-6-4-21(18-31)5-7-22/h4-7,19,23-24,26H,8-17,20H2,1-3H3,(H,33,38)/t23?,24?,26-/m0/s1. The Bertz CT molecular complexity index is 1230. The third-order valence-electron chi connectivity index (χ3n) is 8.12. The van der Waals surface area contributed by atoms with Crippen LogP contribution in [-0.4, -0.2) is 88.8 Å². The number of thiazole rings is 1. The fraction of sp³-hybridized carbons (Fsp3) is 0.600. The zero-order chi connectivity index (χ0) is 29.0. The Balaban J connectivity index is 1.14. The summed E-state index contributed by atoms with van der Waals surface area (Å²) in [4.78, 5) is 37.8. The summed E-state index contributed by atoms with van der Waals surface area (Å²) < 4.78 is 5.52. The molecule has 2 aliphatic heterocycles. The second kappa shape index (κ2) is 13.0. The molecule has 1 saturated carbocycles. The van der Waals surface area contributed by atoms with Gasteiger partial charge in [0.15, 0.2) is 5.13 Å². The van der Waals surface area contributed by atoms with E-state index in [0.717, 1.165) is 80.5 Å². The summed E-state index contributed by atoms with van der Waals surface area (Å²) in [5.74, 6) is 1.79. The number of carbonyl (C=O) groups excluding carboxylic acids is 2. The van der Waals surface area contributed by atoms with Gasteiger partial charge in [-0.3, -0.25) is 9.69 Å². The molecule has 11 heteroatoms. The van der Waals surface area contributed by atoms with Crippen LogP contribution in [0.15, 0.2) is 29.6 Å². The number of hydrogen-bond acceptors (Lipinski definition) is 9. The summed E-state index contributed by atoms with van der Waals surface area (Å²) in [7, 11) is 0. The van der Waals surface area contributed by atoms with Gasteiger partial charge in [-0.2, -0.15) is 5.26 Å². The van der Waals surface area contributed by atoms with Gasteiger partial charge < -0.3 is 19.9 Å². The smallest absolute Gasteiger partial charge is 0.408 e. The van der Waals surface area contributed by atoms with Crippen LogP contribution in [0.2, 0.25) is 0 Å². The molecule has 1 aromatic heterocycles. The molecule has 0 radical (unpaired) electrons. The molecule has 220 valence electrons. The van der Waals surface area contributed by atoms with Gasteiger partial charge in [-0.15, -0.1) is 23.1 Å². The van der Waals surface area contributed by atoms with Gasteiger partial charge in [0.05, 0.1) is 23.2 Å². The van der Waals surface area contributed by atoms with E-state index in [4.69, 9.17) is 15.0 Å². The largest absolute Gasteiger partial charge is 0.444 e. The maximum atomic E-state index is 13.4. The Morgan fingerprint density at radius 1 is 1.07 bits per heavy atom. The maximum absolute atomic E-state index is 13.4. The number of rotatable bonds is 6. The average Bonchev–Trinajstić information content (AvgIpc) is 3.68. The number of nitrogens with one attached hydrogen (secondary N) is 1. The minimum atomic E-state index is -0.606. The summed E-state index contributed by atoms with van der Waals surface area (Å²) in [6, 6.07) is 9.71. The van der Waals surface area contributed by atoms with E-state index >= 15 is 0 Å². The SMILES string of the molecule is CC(C)(C)OC(=O)N[C@H](C(=O)N1CCSC1)C1CCC(N2CCN(c3nc(-c4ccc(C#N)cc4)cs3)CC2)CC1. The summed E-state index contributed by atoms with van der Waals surface area (Å²) in [6.45, 7) is 10.1. The normalized spacial score (nSPS) is 22.7. The molecule has 1 atom stereocenters. The molecule has 3 heterocycles. The number of piperazine rings is 1. The number of carbonyl (C=O) groups is 2. The number of alkyl carbamates (subject to hydrolysis) is 1. The molecule has 5 rings (SSSR count). The van der Waals surface area contributed by atoms with Crippen molar-refractivity contribution < 1.29 is 14.3 Å². The molecular weight excluding hydrogens is 557 g/mol. The van der Waals surface area contributed by atoms with E-state index in [1.54, 1.807) is 23.1 Å². The van der Waals surface area contributed by atoms with Gasteiger partial charge in [-0.1, -0.05) is 12.1 Å². The highest BCUT2D eigenvalue weighted by Gasteiger charge is 2.38. The number of hydrogen-bond donors (Lipinski definition) is 1. The van der Waals surface area contributed by atoms with Crippen LogP contribution < -0.4 is 10.2 Å². The van der Waals surface area contributed by atoms with Gasteiger partial charge >= 0.3 is 6.09 Å². The second-order valence-electron chi connectivity index (χ2n) is 12.1. The number of anilines is 1. The van der Waals surface area contributed by atoms with Crippen LogP contribution in [0.1, 0.15) is 52.0 Å². The van der Waals surface area contributed by atoms with Gasteiger partial charge in [-0.25, -0.2) is 9.78 Å². The Morgan fingerprint density at radius 2 is 1.78 bits per heavy atom. The molecule has 1 N–H and O–H groups in total. The number of amides is 2. The molecule has 1 aliphatic carbocycles. The number of aromatic nitrogens is 1. The predicted octanol–water partition coefficient (Wildman–Crippen LogP) is 4.79. The van der Waals surface area contributed by atoms with Crippen molar-refractivity contribution >= 4 is 40.2 Å². The molecule has 41 heavy (non-hydrogen) atoms. The molecule has 9 nitrogen and oxygen atoms in total. The van der Waals surface area contributed by atoms with Gasteiger partial charge in [-0.05, 0) is 64.5 Å². The highest BCUT2D eigenvalue weighted by Crippen LogP contribution is 2.33. The van der Waals surface area contributed by atoms with Crippen LogP contribution in [-0.2, 0) is 9.53 Å². The van der Waals surface area contributed by atoms with E-state index in [-0.39, 0.29) is 11.8 Å². The monoisotopic (exact) mass is 596 g/mol. The Morgan fingerprint density at radius 3 is 2.39 bits per heavy atom. The van der Waals surface area contributed by atoms with E-state index in [1.807, 2.05) is 49.9 Å². The van der Waals surface area contributed by atoms with Gasteiger partial charge in [0.2, 0.25) is 5.91 Å². The van der Waals surface area contributed by atoms with Crippen LogP contribution in [0.5, 0.6) is 0 Å². The van der Waals surface area contributed by atoms with Crippen molar-refractivity contribution in [3.63, 3.8) is 0 Å². The lowest BCUT2D eigenvalue weighted by Gasteiger charge is -2.43. The third kappa shape index (κ3) is 7.53. The first kappa shape index (κ1) is 29.7. The number of thioether (sulfide) groups is 1. The van der Waals surface area contributed by atoms with Gasteiger partial charge in [0, 0.05) is 55.5 Å². The number of ether oxygens (including phenoxy) is 1. The quantitative estimate of drug-likeness (QED) is 0.508. The first-order chi connectivity index (χ1) is 19.7. The number of nitriles is 1. The van der Waals surface area contributed by atoms with Crippen molar-refractivity contribution in [3.8, 4) is 17.3 Å². The molecule has 3 fully saturated rings. The Kier molecular flexibility index (Phi) is 9.42. The lowest BCUT2D eigenvalue weighted by molar-refractivity contribution is -0.133. The molecular formula is C30H40N6O3S2. The highest BCUT2D eigenvalue weighted by molar-refractivity contribution is 7.99. The molecule has 2 amide bonds. The molecule has 0 bridgehead atoms. The fourth-order valence-electron chi connectivity index (χ4n) is 5.94. The predicted molar refractivity (Wildman–Crippen MR) is 164 cm³/mol. The lowest BCUT2D eigenvalue weighted by atomic mass is 9.80. The second-order valence-corrected chi connectivity index (χ2v) is 14.0. The molecule has 2 saturated heterocycles. The van der Waals surface area contributed by atoms with Crippen LogP contribution in [0.4, 0.5) is 9.93 Å². The Hall–Kier alpha value is -2.81. The molecule has 2 aromatic rings. The summed E-state index contributed by atoms with van der Waals surface area (Å²) in [5.41, 5.74) is 2.03. The molecule has 0 unspecified atom stereocenters. The van der Waals surface area contributed by atoms with E-state index in [9.17, 15) is 9.59 Å². The fourth-order valence-corrected chi connectivity index (χ4v) is 7.78. The van der Waals surface area contributed by atoms with Crippen LogP contribution in [0.25, 0.3) is 11.3 Å². The molecule has 3 aliphatic rings. The zero-order valence-corrected chi connectivity index (χ0v) is 25.8. The van der Waals surface area contributed by atoms with E-state index in [1.165, 1.54) is 0 Å². The third-order valence-corrected chi connectivity index (χ3v) is 9.99. The van der Waals surface area contributed by atoms with Crippen LogP contribution >= 0.6 is 23.1 Å². The van der Waals surface area contributed by atoms with Gasteiger partial charge in [0.25, 0.3) is 0 Å². The Labute approximate surface area is 251 Å². The van der Waals surface area contributed by atoms with Crippen molar-refractivity contribution in [3.05, 3.63) is 35.2 Å². The van der Waals surface area contributed by atoms with Crippen LogP contribution in [0, 0.1) is 17.2 Å². The zero-order valence-electron chi connectivity index (χ0n) is 24.2. The van der Waals surface area contributed by atoms with Crippen molar-refractivity contribution in [1.29, 1.82) is 5.26 Å². The first-order valence-electron chi connectivity index (χ1n) is 14.5. The van der Waals surface area contributed by atoms with E-state index in [0.29, 0.717) is 17.5 Å². The lowest BCUT2D eigenvalue weighted by Crippen LogP contribution is -2.55. The maximum Gasteiger partial charge on any atom is 0.408 e. The van der Waals surface area contributed by atoms with E-state index < -0.39 is 17.7 Å². The summed E-state index contributed by atoms with van der Waals surface area (Å²) >= 11 is 3.43.